The summed E-state index contributed by atoms with van der Waals surface area (Å²) in [6, 6.07) is 22.4. The second kappa shape index (κ2) is 13.6. The summed E-state index contributed by atoms with van der Waals surface area (Å²) in [5.74, 6) is -0.319. The van der Waals surface area contributed by atoms with Crippen molar-refractivity contribution in [3.8, 4) is 27.6 Å². The zero-order valence-corrected chi connectivity index (χ0v) is 24.7. The molecule has 2 heterocycles. The third-order valence-electron chi connectivity index (χ3n) is 6.50. The van der Waals surface area contributed by atoms with Crippen molar-refractivity contribution < 1.29 is 31.4 Å². The number of hydrogen-bond acceptors (Lipinski definition) is 8. The van der Waals surface area contributed by atoms with Crippen LogP contribution in [0.5, 0.6) is 5.75 Å². The number of nitrogens with one attached hydrogen (secondary N) is 2. The highest BCUT2D eigenvalue weighted by Crippen LogP contribution is 2.31. The number of alkyl halides is 3. The van der Waals surface area contributed by atoms with Crippen LogP contribution >= 0.6 is 11.3 Å². The minimum absolute atomic E-state index is 0.0822. The zero-order valence-electron chi connectivity index (χ0n) is 23.0. The number of rotatable bonds is 12. The lowest BCUT2D eigenvalue weighted by atomic mass is 10.1. The van der Waals surface area contributed by atoms with Crippen LogP contribution in [0.4, 0.5) is 18.9 Å². The molecule has 3 N–H and O–H groups in total. The first kappa shape index (κ1) is 31.1. The number of halogens is 3. The van der Waals surface area contributed by atoms with E-state index in [-0.39, 0.29) is 10.6 Å². The van der Waals surface area contributed by atoms with E-state index in [1.807, 2.05) is 18.2 Å². The van der Waals surface area contributed by atoms with Crippen molar-refractivity contribution in [1.82, 2.24) is 15.3 Å². The number of thiazole rings is 1. The number of nitrogens with zero attached hydrogens (tertiary/aromatic N) is 2. The maximum absolute atomic E-state index is 13.0. The Morgan fingerprint density at radius 3 is 2.30 bits per heavy atom. The summed E-state index contributed by atoms with van der Waals surface area (Å²) in [6.45, 7) is 1.03. The monoisotopic (exact) mass is 640 g/mol. The van der Waals surface area contributed by atoms with Gasteiger partial charge in [-0.1, -0.05) is 30.3 Å². The largest absolute Gasteiger partial charge is 0.573 e. The normalized spacial score (nSPS) is 12.5. The Labute approximate surface area is 256 Å². The van der Waals surface area contributed by atoms with Crippen molar-refractivity contribution in [3.05, 3.63) is 114 Å². The van der Waals surface area contributed by atoms with E-state index >= 15 is 0 Å². The van der Waals surface area contributed by atoms with Gasteiger partial charge in [-0.15, -0.1) is 24.5 Å². The van der Waals surface area contributed by atoms with Gasteiger partial charge in [-0.05, 0) is 73.1 Å². The van der Waals surface area contributed by atoms with Gasteiger partial charge in [0.25, 0.3) is 10.0 Å². The molecule has 8 nitrogen and oxygen atoms in total. The van der Waals surface area contributed by atoms with Crippen molar-refractivity contribution >= 4 is 27.0 Å². The number of hydrogen-bond donors (Lipinski definition) is 3. The molecule has 44 heavy (non-hydrogen) atoms. The van der Waals surface area contributed by atoms with Gasteiger partial charge in [0.15, 0.2) is 0 Å². The smallest absolute Gasteiger partial charge is 0.406 e. The van der Waals surface area contributed by atoms with E-state index in [1.54, 1.807) is 48.1 Å². The Bertz CT molecular complexity index is 1760. The topological polar surface area (TPSA) is 113 Å². The zero-order chi connectivity index (χ0) is 31.2. The van der Waals surface area contributed by atoms with Gasteiger partial charge in [-0.3, -0.25) is 9.71 Å². The summed E-state index contributed by atoms with van der Waals surface area (Å²) in [5, 5.41) is 15.8. The van der Waals surface area contributed by atoms with Gasteiger partial charge in [-0.2, -0.15) is 0 Å². The van der Waals surface area contributed by atoms with Crippen molar-refractivity contribution in [2.24, 2.45) is 0 Å². The van der Waals surface area contributed by atoms with Gasteiger partial charge >= 0.3 is 6.36 Å². The van der Waals surface area contributed by atoms with E-state index in [9.17, 15) is 26.7 Å². The Morgan fingerprint density at radius 2 is 1.64 bits per heavy atom. The van der Waals surface area contributed by atoms with Gasteiger partial charge in [-0.25, -0.2) is 13.4 Å². The quantitative estimate of drug-likeness (QED) is 0.135. The average Bonchev–Trinajstić information content (AvgIpc) is 3.50. The van der Waals surface area contributed by atoms with Gasteiger partial charge in [0.05, 0.1) is 16.7 Å². The Hall–Kier alpha value is -4.30. The fourth-order valence-electron chi connectivity index (χ4n) is 4.26. The molecule has 228 valence electrons. The predicted octanol–water partition coefficient (Wildman–Crippen LogP) is 6.44. The van der Waals surface area contributed by atoms with Crippen LogP contribution in [0.25, 0.3) is 21.8 Å². The number of aliphatic hydroxyl groups is 1. The maximum atomic E-state index is 13.0. The third-order valence-corrected chi connectivity index (χ3v) is 8.79. The highest BCUT2D eigenvalue weighted by atomic mass is 32.2. The molecule has 0 fully saturated rings. The second-order valence-electron chi connectivity index (χ2n) is 9.69. The lowest BCUT2D eigenvalue weighted by molar-refractivity contribution is -0.274. The summed E-state index contributed by atoms with van der Waals surface area (Å²) in [5.41, 5.74) is 4.07. The Balaban J connectivity index is 1.14. The molecule has 0 aliphatic rings. The third kappa shape index (κ3) is 8.41. The minimum Gasteiger partial charge on any atom is -0.406 e. The Kier molecular flexibility index (Phi) is 9.59. The fraction of sp³-hybridized carbons (Fsp3) is 0.161. The molecule has 2 aromatic heterocycles. The van der Waals surface area contributed by atoms with E-state index in [2.05, 4.69) is 24.7 Å². The van der Waals surface area contributed by atoms with E-state index in [0.29, 0.717) is 47.0 Å². The molecule has 0 bridgehead atoms. The molecule has 5 rings (SSSR count). The Morgan fingerprint density at radius 1 is 0.932 bits per heavy atom. The van der Waals surface area contributed by atoms with Crippen LogP contribution in [0.15, 0.2) is 108 Å². The molecule has 3 aromatic carbocycles. The van der Waals surface area contributed by atoms with E-state index < -0.39 is 22.5 Å². The van der Waals surface area contributed by atoms with Crippen molar-refractivity contribution in [1.29, 1.82) is 0 Å². The van der Waals surface area contributed by atoms with Crippen LogP contribution in [0, 0.1) is 0 Å². The summed E-state index contributed by atoms with van der Waals surface area (Å²) in [7, 11) is -3.84. The van der Waals surface area contributed by atoms with Crippen LogP contribution in [0.2, 0.25) is 0 Å². The van der Waals surface area contributed by atoms with Crippen LogP contribution in [0.3, 0.4) is 0 Å². The van der Waals surface area contributed by atoms with Crippen molar-refractivity contribution in [2.75, 3.05) is 17.8 Å². The molecular formula is C31H27F3N4O4S2. The number of ether oxygens (including phenoxy) is 1. The molecule has 1 atom stereocenters. The summed E-state index contributed by atoms with van der Waals surface area (Å²) in [4.78, 5) is 8.63. The number of pyridine rings is 1. The highest BCUT2D eigenvalue weighted by Gasteiger charge is 2.31. The van der Waals surface area contributed by atoms with Crippen LogP contribution in [0.1, 0.15) is 17.2 Å². The lowest BCUT2D eigenvalue weighted by Crippen LogP contribution is -2.23. The standard InChI is InChI=1S/C31H27F3N4O4S2/c32-31(33,34)42-26-11-5-22(6-12-26)28-20-43-30(37-28)23-7-13-27(14-8-23)44(40,41)38-25-9-3-21(4-10-25)15-17-36-19-29(39)24-2-1-16-35-18-24/h1-14,16,18,20,29,36,38-39H,15,17,19H2/t29-/m0/s1. The number of benzene rings is 3. The van der Waals surface area contributed by atoms with E-state index in [4.69, 9.17) is 0 Å². The minimum atomic E-state index is -4.76. The van der Waals surface area contributed by atoms with Crippen molar-refractivity contribution in [2.45, 2.75) is 23.8 Å². The second-order valence-corrected chi connectivity index (χ2v) is 12.2. The highest BCUT2D eigenvalue weighted by molar-refractivity contribution is 7.92. The molecule has 0 saturated carbocycles. The molecule has 0 amide bonds. The molecule has 0 aliphatic carbocycles. The number of aromatic nitrogens is 2. The van der Waals surface area contributed by atoms with Crippen molar-refractivity contribution in [3.63, 3.8) is 0 Å². The van der Waals surface area contributed by atoms with E-state index in [1.165, 1.54) is 47.7 Å². The molecular weight excluding hydrogens is 613 g/mol. The molecule has 0 aliphatic heterocycles. The molecule has 13 heteroatoms. The number of sulfonamides is 1. The average molecular weight is 641 g/mol. The first-order valence-corrected chi connectivity index (χ1v) is 15.7. The van der Waals surface area contributed by atoms with E-state index in [0.717, 1.165) is 11.1 Å². The molecule has 0 unspecified atom stereocenters. The fourth-order valence-corrected chi connectivity index (χ4v) is 6.15. The van der Waals surface area contributed by atoms with Crippen LogP contribution in [-0.4, -0.2) is 42.9 Å². The lowest BCUT2D eigenvalue weighted by Gasteiger charge is -2.12. The summed E-state index contributed by atoms with van der Waals surface area (Å²) in [6.07, 6.45) is -1.43. The molecule has 5 aromatic rings. The van der Waals surface area contributed by atoms with Gasteiger partial charge < -0.3 is 15.2 Å². The van der Waals surface area contributed by atoms with Gasteiger partial charge in [0.2, 0.25) is 0 Å². The summed E-state index contributed by atoms with van der Waals surface area (Å²) < 4.78 is 69.7. The first-order valence-electron chi connectivity index (χ1n) is 13.4. The predicted molar refractivity (Wildman–Crippen MR) is 163 cm³/mol. The first-order chi connectivity index (χ1) is 21.1. The van der Waals surface area contributed by atoms with Crippen LogP contribution < -0.4 is 14.8 Å². The molecule has 0 radical (unpaired) electrons. The molecule has 0 spiro atoms. The number of anilines is 1. The summed E-state index contributed by atoms with van der Waals surface area (Å²) >= 11 is 1.33. The molecule has 0 saturated heterocycles. The SMILES string of the molecule is O=S(=O)(Nc1ccc(CCNC[C@H](O)c2cccnc2)cc1)c1ccc(-c2nc(-c3ccc(OC(F)(F)F)cc3)cs2)cc1. The van der Waals surface area contributed by atoms with Gasteiger partial charge in [0.1, 0.15) is 10.8 Å². The van der Waals surface area contributed by atoms with Gasteiger partial charge in [0, 0.05) is 46.7 Å². The maximum Gasteiger partial charge on any atom is 0.573 e. The number of aliphatic hydroxyl groups excluding tert-OH is 1. The van der Waals surface area contributed by atoms with Crippen LogP contribution in [-0.2, 0) is 16.4 Å².